The molecule has 2 aromatic rings. The third-order valence-electron chi connectivity index (χ3n) is 3.56. The van der Waals surface area contributed by atoms with Gasteiger partial charge in [-0.25, -0.2) is 4.79 Å². The zero-order valence-electron chi connectivity index (χ0n) is 13.0. The Balaban J connectivity index is 0.000000471. The second-order valence-corrected chi connectivity index (χ2v) is 5.09. The average molecular weight is 332 g/mol. The smallest absolute Gasteiger partial charge is 0.450 e. The number of carboxylic acid groups (broad SMARTS) is 2. The van der Waals surface area contributed by atoms with Crippen LogP contribution in [0.5, 0.6) is 0 Å². The quantitative estimate of drug-likeness (QED) is 0.585. The van der Waals surface area contributed by atoms with Gasteiger partial charge in [0.25, 0.3) is 0 Å². The highest BCUT2D eigenvalue weighted by Crippen LogP contribution is 2.44. The fourth-order valence-corrected chi connectivity index (χ4v) is 2.75. The molecule has 1 aliphatic rings. The van der Waals surface area contributed by atoms with Crippen LogP contribution < -0.4 is 10.2 Å². The van der Waals surface area contributed by atoms with Gasteiger partial charge in [0, 0.05) is 13.2 Å². The van der Waals surface area contributed by atoms with Crippen molar-refractivity contribution in [1.82, 2.24) is 0 Å². The molecule has 0 atom stereocenters. The molecule has 5 N–H and O–H groups in total. The fraction of sp³-hybridized carbons (Fsp3) is 0.235. The van der Waals surface area contributed by atoms with Gasteiger partial charge in [-0.05, 0) is 30.2 Å². The minimum absolute atomic E-state index is 0.0846. The lowest BCUT2D eigenvalue weighted by molar-refractivity contribution is 0.137. The Hall–Kier alpha value is -2.77. The molecule has 7 heteroatoms. The van der Waals surface area contributed by atoms with E-state index in [0.29, 0.717) is 13.0 Å². The van der Waals surface area contributed by atoms with Crippen LogP contribution in [0, 0.1) is 0 Å². The molecule has 0 fully saturated rings. The monoisotopic (exact) mass is 332 g/mol. The molecule has 7 nitrogen and oxygen atoms in total. The zero-order chi connectivity index (χ0) is 17.5. The SMILES string of the molecule is O=C(O)O.OCCc1cccc2c1N(CCO)c1ccccc1N2. The summed E-state index contributed by atoms with van der Waals surface area (Å²) >= 11 is 0. The zero-order valence-corrected chi connectivity index (χ0v) is 13.0. The van der Waals surface area contributed by atoms with E-state index in [1.807, 2.05) is 42.5 Å². The van der Waals surface area contributed by atoms with Crippen LogP contribution in [0.4, 0.5) is 27.5 Å². The number of rotatable bonds is 4. The summed E-state index contributed by atoms with van der Waals surface area (Å²) in [4.78, 5) is 10.7. The minimum Gasteiger partial charge on any atom is -0.450 e. The highest BCUT2D eigenvalue weighted by Gasteiger charge is 2.23. The van der Waals surface area contributed by atoms with Gasteiger partial charge in [-0.15, -0.1) is 0 Å². The predicted molar refractivity (Wildman–Crippen MR) is 91.7 cm³/mol. The number of nitrogens with one attached hydrogen (secondary N) is 1. The number of benzene rings is 2. The van der Waals surface area contributed by atoms with Crippen LogP contribution in [-0.4, -0.2) is 46.3 Å². The van der Waals surface area contributed by atoms with Crippen LogP contribution in [-0.2, 0) is 6.42 Å². The summed E-state index contributed by atoms with van der Waals surface area (Å²) < 4.78 is 0. The minimum atomic E-state index is -1.83. The molecule has 0 aliphatic carbocycles. The number of fused-ring (bicyclic) bond motifs is 2. The highest BCUT2D eigenvalue weighted by molar-refractivity contribution is 5.93. The number of nitrogens with zero attached hydrogens (tertiary/aromatic N) is 1. The molecule has 0 spiro atoms. The van der Waals surface area contributed by atoms with Gasteiger partial charge in [-0.3, -0.25) is 0 Å². The Morgan fingerprint density at radius 1 is 0.958 bits per heavy atom. The Kier molecular flexibility index (Phi) is 6.00. The highest BCUT2D eigenvalue weighted by atomic mass is 16.6. The van der Waals surface area contributed by atoms with Crippen LogP contribution in [0.1, 0.15) is 5.56 Å². The largest absolute Gasteiger partial charge is 0.503 e. The average Bonchev–Trinajstić information content (AvgIpc) is 2.54. The first kappa shape index (κ1) is 17.6. The molecule has 0 unspecified atom stereocenters. The molecule has 0 saturated carbocycles. The number of carbonyl (C=O) groups is 1. The van der Waals surface area contributed by atoms with Gasteiger partial charge in [0.2, 0.25) is 0 Å². The van der Waals surface area contributed by atoms with Crippen LogP contribution >= 0.6 is 0 Å². The molecule has 2 aromatic carbocycles. The lowest BCUT2D eigenvalue weighted by Crippen LogP contribution is -2.27. The van der Waals surface area contributed by atoms with Crippen LogP contribution in [0.2, 0.25) is 0 Å². The molecule has 24 heavy (non-hydrogen) atoms. The van der Waals surface area contributed by atoms with Gasteiger partial charge in [0.1, 0.15) is 0 Å². The molecule has 3 rings (SSSR count). The van der Waals surface area contributed by atoms with E-state index >= 15 is 0 Å². The Bertz CT molecular complexity index is 701. The van der Waals surface area contributed by atoms with E-state index in [2.05, 4.69) is 10.2 Å². The summed E-state index contributed by atoms with van der Waals surface area (Å²) in [5.41, 5.74) is 5.24. The van der Waals surface area contributed by atoms with Crippen molar-refractivity contribution in [3.8, 4) is 0 Å². The maximum absolute atomic E-state index is 9.38. The van der Waals surface area contributed by atoms with Crippen molar-refractivity contribution >= 4 is 28.9 Å². The number of para-hydroxylation sites is 3. The Labute approximate surface area is 139 Å². The van der Waals surface area contributed by atoms with E-state index in [4.69, 9.17) is 15.0 Å². The molecule has 128 valence electrons. The lowest BCUT2D eigenvalue weighted by Gasteiger charge is -2.35. The van der Waals surface area contributed by atoms with Crippen molar-refractivity contribution in [2.45, 2.75) is 6.42 Å². The molecule has 0 amide bonds. The molecule has 0 aromatic heterocycles. The van der Waals surface area contributed by atoms with Crippen molar-refractivity contribution in [3.63, 3.8) is 0 Å². The van der Waals surface area contributed by atoms with Crippen LogP contribution in [0.25, 0.3) is 0 Å². The second kappa shape index (κ2) is 8.19. The fourth-order valence-electron chi connectivity index (χ4n) is 2.75. The van der Waals surface area contributed by atoms with Gasteiger partial charge < -0.3 is 30.6 Å². The summed E-state index contributed by atoms with van der Waals surface area (Å²) in [7, 11) is 0. The van der Waals surface area contributed by atoms with Gasteiger partial charge in [-0.1, -0.05) is 24.3 Å². The molecule has 1 aliphatic heterocycles. The number of hydrogen-bond acceptors (Lipinski definition) is 5. The van der Waals surface area contributed by atoms with Crippen molar-refractivity contribution in [2.75, 3.05) is 30.0 Å². The molecular weight excluding hydrogens is 312 g/mol. The number of aliphatic hydroxyl groups excluding tert-OH is 2. The van der Waals surface area contributed by atoms with Gasteiger partial charge in [0.05, 0.1) is 29.4 Å². The maximum atomic E-state index is 9.38. The first-order valence-corrected chi connectivity index (χ1v) is 7.47. The Morgan fingerprint density at radius 3 is 2.29 bits per heavy atom. The molecule has 1 heterocycles. The summed E-state index contributed by atoms with van der Waals surface area (Å²) in [6, 6.07) is 14.1. The first-order valence-electron chi connectivity index (χ1n) is 7.47. The summed E-state index contributed by atoms with van der Waals surface area (Å²) in [6.45, 7) is 0.737. The van der Waals surface area contributed by atoms with E-state index in [0.717, 1.165) is 28.3 Å². The Morgan fingerprint density at radius 2 is 1.62 bits per heavy atom. The van der Waals surface area contributed by atoms with E-state index in [-0.39, 0.29) is 13.2 Å². The van der Waals surface area contributed by atoms with Gasteiger partial charge >= 0.3 is 6.16 Å². The normalized spacial score (nSPS) is 11.5. The lowest BCUT2D eigenvalue weighted by atomic mass is 10.0. The third kappa shape index (κ3) is 3.95. The van der Waals surface area contributed by atoms with Crippen molar-refractivity contribution in [2.24, 2.45) is 0 Å². The second-order valence-electron chi connectivity index (χ2n) is 5.09. The number of aliphatic hydroxyl groups is 2. The summed E-state index contributed by atoms with van der Waals surface area (Å²) in [6.07, 6.45) is -1.23. The van der Waals surface area contributed by atoms with Crippen molar-refractivity contribution in [3.05, 3.63) is 48.0 Å². The van der Waals surface area contributed by atoms with Crippen LogP contribution in [0.3, 0.4) is 0 Å². The summed E-state index contributed by atoms with van der Waals surface area (Å²) in [5.74, 6) is 0. The van der Waals surface area contributed by atoms with E-state index in [1.54, 1.807) is 0 Å². The molecular formula is C17H20N2O5. The van der Waals surface area contributed by atoms with E-state index < -0.39 is 6.16 Å². The maximum Gasteiger partial charge on any atom is 0.503 e. The van der Waals surface area contributed by atoms with E-state index in [9.17, 15) is 10.2 Å². The molecule has 0 bridgehead atoms. The number of anilines is 4. The number of β-amino-alcohol motifs (C(OH)–C–C–N with tert-alkyl or cyclic N) is 1. The molecule has 0 radical (unpaired) electrons. The first-order chi connectivity index (χ1) is 11.6. The number of hydrogen-bond donors (Lipinski definition) is 5. The summed E-state index contributed by atoms with van der Waals surface area (Å²) in [5, 5.41) is 36.0. The third-order valence-corrected chi connectivity index (χ3v) is 3.56. The molecule has 0 saturated heterocycles. The van der Waals surface area contributed by atoms with Crippen LogP contribution in [0.15, 0.2) is 42.5 Å². The van der Waals surface area contributed by atoms with Crippen molar-refractivity contribution in [1.29, 1.82) is 0 Å². The van der Waals surface area contributed by atoms with Gasteiger partial charge in [-0.2, -0.15) is 0 Å². The van der Waals surface area contributed by atoms with Crippen molar-refractivity contribution < 1.29 is 25.2 Å². The standard InChI is InChI=1S/C16H18N2O2.CH2O3/c19-10-8-12-4-3-6-14-16(12)18(9-11-20)15-7-2-1-5-13(15)17-14;2-1(3)4/h1-7,17,19-20H,8-11H2;(H2,2,3,4). The predicted octanol–water partition coefficient (Wildman–Crippen LogP) is 2.63. The van der Waals surface area contributed by atoms with E-state index in [1.165, 1.54) is 0 Å². The van der Waals surface area contributed by atoms with Gasteiger partial charge in [0.15, 0.2) is 0 Å². The topological polar surface area (TPSA) is 113 Å².